The van der Waals surface area contributed by atoms with Crippen molar-refractivity contribution in [2.75, 3.05) is 24.6 Å². The summed E-state index contributed by atoms with van der Waals surface area (Å²) in [4.78, 5) is 24.2. The van der Waals surface area contributed by atoms with Crippen LogP contribution in [0, 0.1) is 0 Å². The molecule has 1 rings (SSSR count). The molecular weight excluding hydrogens is 270 g/mol. The second-order valence-corrected chi connectivity index (χ2v) is 4.79. The van der Waals surface area contributed by atoms with Gasteiger partial charge in [0.05, 0.1) is 18.6 Å². The molecule has 0 aliphatic carbocycles. The van der Waals surface area contributed by atoms with Crippen molar-refractivity contribution in [1.29, 1.82) is 0 Å². The van der Waals surface area contributed by atoms with E-state index in [1.807, 2.05) is 11.8 Å². The number of esters is 1. The molecule has 0 radical (unpaired) electrons. The Morgan fingerprint density at radius 3 is 2.38 bits per heavy atom. The Labute approximate surface area is 124 Å². The van der Waals surface area contributed by atoms with Crippen LogP contribution in [0.2, 0.25) is 0 Å². The molecule has 0 aliphatic heterocycles. The normalized spacial score (nSPS) is 10.0. The molecule has 0 spiro atoms. The summed E-state index contributed by atoms with van der Waals surface area (Å²) in [5.41, 5.74) is 2.27. The van der Waals surface area contributed by atoms with Gasteiger partial charge in [0.15, 0.2) is 0 Å². The summed E-state index contributed by atoms with van der Waals surface area (Å²) in [5, 5.41) is 8.81. The van der Waals surface area contributed by atoms with Crippen LogP contribution in [0.1, 0.15) is 30.6 Å². The van der Waals surface area contributed by atoms with Gasteiger partial charge in [-0.05, 0) is 38.1 Å². The fraction of sp³-hybridized carbons (Fsp3) is 0.375. The maximum atomic E-state index is 11.6. The molecular formula is C16H21NO4. The minimum atomic E-state index is -0.843. The SMILES string of the molecule is C=C(C)CN(CCC(=O)O)c1ccc(C(=O)OCC)cc1. The molecule has 5 nitrogen and oxygen atoms in total. The monoisotopic (exact) mass is 291 g/mol. The van der Waals surface area contributed by atoms with Crippen LogP contribution in [-0.4, -0.2) is 36.7 Å². The van der Waals surface area contributed by atoms with Gasteiger partial charge in [-0.1, -0.05) is 12.2 Å². The summed E-state index contributed by atoms with van der Waals surface area (Å²) in [7, 11) is 0. The zero-order valence-corrected chi connectivity index (χ0v) is 12.5. The average molecular weight is 291 g/mol. The molecule has 114 valence electrons. The molecule has 1 aromatic carbocycles. The molecule has 1 N–H and O–H groups in total. The number of benzene rings is 1. The predicted octanol–water partition coefficient (Wildman–Crippen LogP) is 2.72. The van der Waals surface area contributed by atoms with Crippen LogP contribution >= 0.6 is 0 Å². The fourth-order valence-electron chi connectivity index (χ4n) is 1.88. The van der Waals surface area contributed by atoms with Crippen molar-refractivity contribution in [2.45, 2.75) is 20.3 Å². The number of ether oxygens (including phenoxy) is 1. The fourth-order valence-corrected chi connectivity index (χ4v) is 1.88. The molecule has 0 aliphatic rings. The van der Waals surface area contributed by atoms with E-state index in [0.717, 1.165) is 11.3 Å². The highest BCUT2D eigenvalue weighted by Crippen LogP contribution is 2.17. The van der Waals surface area contributed by atoms with Gasteiger partial charge in [0.25, 0.3) is 0 Å². The van der Waals surface area contributed by atoms with Gasteiger partial charge in [-0.15, -0.1) is 0 Å². The lowest BCUT2D eigenvalue weighted by molar-refractivity contribution is -0.136. The zero-order chi connectivity index (χ0) is 15.8. The number of carbonyl (C=O) groups is 2. The van der Waals surface area contributed by atoms with Gasteiger partial charge in [0.1, 0.15) is 0 Å². The van der Waals surface area contributed by atoms with Gasteiger partial charge in [0, 0.05) is 18.8 Å². The van der Waals surface area contributed by atoms with Gasteiger partial charge in [0.2, 0.25) is 0 Å². The Morgan fingerprint density at radius 1 is 1.29 bits per heavy atom. The van der Waals surface area contributed by atoms with Crippen molar-refractivity contribution >= 4 is 17.6 Å². The van der Waals surface area contributed by atoms with Crippen molar-refractivity contribution in [2.24, 2.45) is 0 Å². The molecule has 0 fully saturated rings. The van der Waals surface area contributed by atoms with Crippen molar-refractivity contribution < 1.29 is 19.4 Å². The first-order valence-electron chi connectivity index (χ1n) is 6.82. The zero-order valence-electron chi connectivity index (χ0n) is 12.5. The molecule has 0 heterocycles. The summed E-state index contributed by atoms with van der Waals surface area (Å²) in [6, 6.07) is 6.94. The largest absolute Gasteiger partial charge is 0.481 e. The molecule has 0 aromatic heterocycles. The molecule has 5 heteroatoms. The Bertz CT molecular complexity index is 508. The summed E-state index contributed by atoms with van der Waals surface area (Å²) < 4.78 is 4.93. The van der Waals surface area contributed by atoms with Crippen LogP contribution in [-0.2, 0) is 9.53 Å². The number of carboxylic acids is 1. The van der Waals surface area contributed by atoms with Gasteiger partial charge in [-0.3, -0.25) is 4.79 Å². The van der Waals surface area contributed by atoms with Crippen LogP contribution in [0.15, 0.2) is 36.4 Å². The Morgan fingerprint density at radius 2 is 1.90 bits per heavy atom. The topological polar surface area (TPSA) is 66.8 Å². The first kappa shape index (κ1) is 16.8. The van der Waals surface area contributed by atoms with Crippen LogP contribution in [0.25, 0.3) is 0 Å². The van der Waals surface area contributed by atoms with Gasteiger partial charge in [-0.2, -0.15) is 0 Å². The van der Waals surface area contributed by atoms with E-state index in [9.17, 15) is 9.59 Å². The van der Waals surface area contributed by atoms with E-state index < -0.39 is 5.97 Å². The predicted molar refractivity (Wildman–Crippen MR) is 81.7 cm³/mol. The van der Waals surface area contributed by atoms with Gasteiger partial charge < -0.3 is 14.7 Å². The number of hydrogen-bond acceptors (Lipinski definition) is 4. The quantitative estimate of drug-likeness (QED) is 0.589. The third kappa shape index (κ3) is 5.69. The van der Waals surface area contributed by atoms with E-state index in [2.05, 4.69) is 6.58 Å². The third-order valence-corrected chi connectivity index (χ3v) is 2.80. The van der Waals surface area contributed by atoms with Crippen LogP contribution < -0.4 is 4.90 Å². The first-order valence-corrected chi connectivity index (χ1v) is 6.82. The number of hydrogen-bond donors (Lipinski definition) is 1. The Kier molecular flexibility index (Phi) is 6.46. The smallest absolute Gasteiger partial charge is 0.338 e. The van der Waals surface area contributed by atoms with E-state index in [-0.39, 0.29) is 12.4 Å². The number of carboxylic acid groups (broad SMARTS) is 1. The van der Waals surface area contributed by atoms with Crippen LogP contribution in [0.3, 0.4) is 0 Å². The first-order chi connectivity index (χ1) is 9.93. The van der Waals surface area contributed by atoms with E-state index in [1.165, 1.54) is 0 Å². The lowest BCUT2D eigenvalue weighted by atomic mass is 10.1. The number of carbonyl (C=O) groups excluding carboxylic acids is 1. The van der Waals surface area contributed by atoms with Gasteiger partial charge >= 0.3 is 11.9 Å². The summed E-state index contributed by atoms with van der Waals surface area (Å²) in [6.07, 6.45) is 0.0485. The molecule has 21 heavy (non-hydrogen) atoms. The summed E-state index contributed by atoms with van der Waals surface area (Å²) in [5.74, 6) is -1.20. The lowest BCUT2D eigenvalue weighted by Gasteiger charge is -2.24. The van der Waals surface area contributed by atoms with Crippen molar-refractivity contribution in [3.8, 4) is 0 Å². The number of nitrogens with zero attached hydrogens (tertiary/aromatic N) is 1. The molecule has 0 unspecified atom stereocenters. The second-order valence-electron chi connectivity index (χ2n) is 4.79. The van der Waals surface area contributed by atoms with Crippen molar-refractivity contribution in [1.82, 2.24) is 0 Å². The standard InChI is InChI=1S/C16H21NO4/c1-4-21-16(20)13-5-7-14(8-6-13)17(11-12(2)3)10-9-15(18)19/h5-8H,2,4,9-11H2,1,3H3,(H,18,19). The molecule has 0 atom stereocenters. The Hall–Kier alpha value is -2.30. The van der Waals surface area contributed by atoms with Crippen molar-refractivity contribution in [3.05, 3.63) is 42.0 Å². The van der Waals surface area contributed by atoms with Crippen molar-refractivity contribution in [3.63, 3.8) is 0 Å². The number of anilines is 1. The lowest BCUT2D eigenvalue weighted by Crippen LogP contribution is -2.27. The van der Waals surface area contributed by atoms with E-state index in [0.29, 0.717) is 25.3 Å². The van der Waals surface area contributed by atoms with E-state index in [4.69, 9.17) is 9.84 Å². The summed E-state index contributed by atoms with van der Waals surface area (Å²) in [6.45, 7) is 8.80. The van der Waals surface area contributed by atoms with Crippen LogP contribution in [0.4, 0.5) is 5.69 Å². The second kappa shape index (κ2) is 8.09. The van der Waals surface area contributed by atoms with Gasteiger partial charge in [-0.25, -0.2) is 4.79 Å². The van der Waals surface area contributed by atoms with E-state index >= 15 is 0 Å². The number of rotatable bonds is 8. The maximum absolute atomic E-state index is 11.6. The number of aliphatic carboxylic acids is 1. The molecule has 0 saturated carbocycles. The third-order valence-electron chi connectivity index (χ3n) is 2.80. The highest BCUT2D eigenvalue weighted by atomic mass is 16.5. The van der Waals surface area contributed by atoms with E-state index in [1.54, 1.807) is 31.2 Å². The molecule has 0 amide bonds. The molecule has 0 bridgehead atoms. The summed E-state index contributed by atoms with van der Waals surface area (Å²) >= 11 is 0. The van der Waals surface area contributed by atoms with Crippen LogP contribution in [0.5, 0.6) is 0 Å². The minimum absolute atomic E-state index is 0.0485. The maximum Gasteiger partial charge on any atom is 0.338 e. The average Bonchev–Trinajstić information content (AvgIpc) is 2.43. The Balaban J connectivity index is 2.84. The minimum Gasteiger partial charge on any atom is -0.481 e. The molecule has 0 saturated heterocycles. The highest BCUT2D eigenvalue weighted by Gasteiger charge is 2.11. The highest BCUT2D eigenvalue weighted by molar-refractivity contribution is 5.89. The molecule has 1 aromatic rings.